The lowest BCUT2D eigenvalue weighted by atomic mass is 9.96. The van der Waals surface area contributed by atoms with Gasteiger partial charge in [0.05, 0.1) is 12.2 Å². The fourth-order valence-electron chi connectivity index (χ4n) is 5.02. The molecule has 0 amide bonds. The fraction of sp³-hybridized carbons (Fsp3) is 0.429. The van der Waals surface area contributed by atoms with E-state index in [0.717, 1.165) is 37.1 Å². The summed E-state index contributed by atoms with van der Waals surface area (Å²) >= 11 is 0. The summed E-state index contributed by atoms with van der Waals surface area (Å²) in [5.41, 5.74) is 1.53. The van der Waals surface area contributed by atoms with Gasteiger partial charge in [-0.3, -0.25) is 4.68 Å². The molecule has 3 aliphatic rings. The summed E-state index contributed by atoms with van der Waals surface area (Å²) in [6, 6.07) is 5.65. The van der Waals surface area contributed by atoms with Crippen LogP contribution in [0.25, 0.3) is 11.0 Å². The van der Waals surface area contributed by atoms with Crippen molar-refractivity contribution in [2.45, 2.75) is 55.7 Å². The van der Waals surface area contributed by atoms with E-state index >= 15 is 0 Å². The molecule has 10 heteroatoms. The lowest BCUT2D eigenvalue weighted by Crippen LogP contribution is -2.39. The first kappa shape index (κ1) is 24.9. The van der Waals surface area contributed by atoms with Crippen LogP contribution in [0.15, 0.2) is 54.6 Å². The molecule has 1 atom stereocenters. The van der Waals surface area contributed by atoms with E-state index in [1.807, 2.05) is 17.0 Å². The zero-order valence-electron chi connectivity index (χ0n) is 21.2. The lowest BCUT2D eigenvalue weighted by Gasteiger charge is -2.28. The third-order valence-corrected chi connectivity index (χ3v) is 9.77. The highest BCUT2D eigenvalue weighted by Crippen LogP contribution is 2.40. The largest absolute Gasteiger partial charge is 0.454 e. The van der Waals surface area contributed by atoms with E-state index in [1.165, 1.54) is 3.97 Å². The smallest absolute Gasteiger partial charge is 0.250 e. The first-order chi connectivity index (χ1) is 18.4. The molecule has 6 rings (SSSR count). The predicted octanol–water partition coefficient (Wildman–Crippen LogP) is 3.66. The fourth-order valence-corrected chi connectivity index (χ4v) is 6.71. The van der Waals surface area contributed by atoms with Gasteiger partial charge in [0.15, 0.2) is 11.4 Å². The zero-order chi connectivity index (χ0) is 26.3. The van der Waals surface area contributed by atoms with Crippen LogP contribution in [0.5, 0.6) is 5.75 Å². The van der Waals surface area contributed by atoms with E-state index < -0.39 is 14.8 Å². The van der Waals surface area contributed by atoms with Crippen LogP contribution in [0.3, 0.4) is 0 Å². The van der Waals surface area contributed by atoms with Gasteiger partial charge in [-0.2, -0.15) is 5.10 Å². The van der Waals surface area contributed by atoms with Gasteiger partial charge in [0.25, 0.3) is 10.0 Å². The van der Waals surface area contributed by atoms with Crippen molar-refractivity contribution in [1.29, 1.82) is 0 Å². The van der Waals surface area contributed by atoms with Gasteiger partial charge in [0.2, 0.25) is 0 Å². The molecule has 9 nitrogen and oxygen atoms in total. The minimum atomic E-state index is -3.97. The summed E-state index contributed by atoms with van der Waals surface area (Å²) in [6.07, 6.45) is 13.0. The number of fused-ring (bicyclic) bond motifs is 1. The molecule has 1 aliphatic heterocycles. The van der Waals surface area contributed by atoms with Crippen molar-refractivity contribution in [3.05, 3.63) is 66.0 Å². The van der Waals surface area contributed by atoms with Gasteiger partial charge in [-0.15, -0.1) is 0 Å². The summed E-state index contributed by atoms with van der Waals surface area (Å²) in [4.78, 5) is 4.32. The van der Waals surface area contributed by atoms with Crippen LogP contribution in [-0.4, -0.2) is 56.8 Å². The molecule has 1 unspecified atom stereocenters. The van der Waals surface area contributed by atoms with Crippen LogP contribution in [0, 0.1) is 11.8 Å². The maximum Gasteiger partial charge on any atom is 0.250 e. The van der Waals surface area contributed by atoms with Crippen LogP contribution < -0.4 is 4.74 Å². The molecule has 38 heavy (non-hydrogen) atoms. The number of pyridine rings is 1. The number of hydrogen-bond donors (Lipinski definition) is 1. The van der Waals surface area contributed by atoms with E-state index in [1.54, 1.807) is 43.5 Å². The third-order valence-electron chi connectivity index (χ3n) is 7.44. The van der Waals surface area contributed by atoms with E-state index in [9.17, 15) is 13.5 Å². The highest BCUT2D eigenvalue weighted by atomic mass is 32.2. The molecule has 3 aromatic heterocycles. The second-order valence-electron chi connectivity index (χ2n) is 10.2. The molecule has 1 saturated heterocycles. The normalized spacial score (nSPS) is 22.2. The van der Waals surface area contributed by atoms with Crippen molar-refractivity contribution < 1.29 is 23.0 Å². The summed E-state index contributed by atoms with van der Waals surface area (Å²) in [6.45, 7) is 2.74. The van der Waals surface area contributed by atoms with E-state index in [2.05, 4.69) is 16.8 Å². The predicted molar refractivity (Wildman–Crippen MR) is 142 cm³/mol. The number of hydrogen-bond acceptors (Lipinski definition) is 7. The first-order valence-corrected chi connectivity index (χ1v) is 14.4. The van der Waals surface area contributed by atoms with Crippen molar-refractivity contribution in [3.8, 4) is 17.6 Å². The monoisotopic (exact) mass is 534 g/mol. The van der Waals surface area contributed by atoms with Crippen LogP contribution in [0.1, 0.15) is 62.4 Å². The number of aromatic nitrogens is 4. The first-order valence-electron chi connectivity index (χ1n) is 12.9. The van der Waals surface area contributed by atoms with Gasteiger partial charge < -0.3 is 14.6 Å². The van der Waals surface area contributed by atoms with Crippen molar-refractivity contribution in [3.63, 3.8) is 0 Å². The number of rotatable bonds is 6. The zero-order valence-corrected chi connectivity index (χ0v) is 22.0. The molecule has 4 heterocycles. The van der Waals surface area contributed by atoms with Crippen LogP contribution in [0.4, 0.5) is 0 Å². The molecule has 0 radical (unpaired) electrons. The maximum absolute atomic E-state index is 14.0. The molecule has 0 spiro atoms. The molecule has 1 saturated carbocycles. The lowest BCUT2D eigenvalue weighted by molar-refractivity contribution is 0.0839. The molecule has 198 valence electrons. The van der Waals surface area contributed by atoms with Gasteiger partial charge >= 0.3 is 0 Å². The Balaban J connectivity index is 1.29. The third kappa shape index (κ3) is 4.45. The Morgan fingerprint density at radius 1 is 1.26 bits per heavy atom. The van der Waals surface area contributed by atoms with Crippen molar-refractivity contribution >= 4 is 21.1 Å². The second-order valence-corrected chi connectivity index (χ2v) is 12.5. The highest BCUT2D eigenvalue weighted by molar-refractivity contribution is 7.91. The minimum Gasteiger partial charge on any atom is -0.454 e. The number of ether oxygens (including phenoxy) is 2. The Kier molecular flexibility index (Phi) is 6.38. The Morgan fingerprint density at radius 3 is 2.79 bits per heavy atom. The van der Waals surface area contributed by atoms with Crippen LogP contribution in [0.2, 0.25) is 0 Å². The van der Waals surface area contributed by atoms with Gasteiger partial charge in [0, 0.05) is 30.7 Å². The van der Waals surface area contributed by atoms with Crippen molar-refractivity contribution in [2.24, 2.45) is 0 Å². The van der Waals surface area contributed by atoms with E-state index in [4.69, 9.17) is 14.6 Å². The summed E-state index contributed by atoms with van der Waals surface area (Å²) in [5, 5.41) is 14.7. The highest BCUT2D eigenvalue weighted by Gasteiger charge is 2.41. The maximum atomic E-state index is 14.0. The molecule has 0 bridgehead atoms. The Labute approximate surface area is 221 Å². The molecule has 0 aromatic carbocycles. The molecular formula is C28H30N4O5S. The summed E-state index contributed by atoms with van der Waals surface area (Å²) in [5.74, 6) is 6.94. The van der Waals surface area contributed by atoms with Crippen LogP contribution >= 0.6 is 0 Å². The van der Waals surface area contributed by atoms with Crippen molar-refractivity contribution in [1.82, 2.24) is 18.7 Å². The Bertz CT molecular complexity index is 1600. The van der Waals surface area contributed by atoms with E-state index in [-0.39, 0.29) is 24.6 Å². The molecule has 2 fully saturated rings. The second kappa shape index (κ2) is 9.73. The molecule has 3 aromatic rings. The van der Waals surface area contributed by atoms with Gasteiger partial charge in [0.1, 0.15) is 28.5 Å². The van der Waals surface area contributed by atoms with E-state index in [0.29, 0.717) is 36.0 Å². The number of allylic oxidation sites excluding steroid dienone is 2. The number of nitrogens with zero attached hydrogens (tertiary/aromatic N) is 4. The average molecular weight is 535 g/mol. The number of aliphatic hydroxyl groups excluding tert-OH is 1. The quantitative estimate of drug-likeness (QED) is 0.481. The summed E-state index contributed by atoms with van der Waals surface area (Å²) < 4.78 is 41.9. The van der Waals surface area contributed by atoms with Crippen LogP contribution in [-0.2, 0) is 14.8 Å². The van der Waals surface area contributed by atoms with Gasteiger partial charge in [-0.1, -0.05) is 12.0 Å². The minimum absolute atomic E-state index is 0.212. The standard InChI is InChI=1S/C28H30N4O5S/c1-28(38(34,35)32-23(5-3-15-33)18-21-4-2-14-29-27(21)32)12-8-24(9-13-28)37-25-19-31(22-6-7-22)30-26(25)20-10-16-36-17-11-20/h2,4,8-9,12,14,18-20,22,33H,6-7,10-11,13,15-17H2,1H3. The molecular weight excluding hydrogens is 504 g/mol. The Hall–Kier alpha value is -3.39. The van der Waals surface area contributed by atoms with Gasteiger partial charge in [-0.25, -0.2) is 17.4 Å². The molecule has 1 N–H and O–H groups in total. The average Bonchev–Trinajstić information content (AvgIpc) is 3.58. The molecule has 2 aliphatic carbocycles. The SMILES string of the molecule is CC1(S(=O)(=O)n2c(C#CCO)cc3cccnc32)C=CC(Oc2cn(C3CC3)nc2C2CCOCC2)=CC1. The van der Waals surface area contributed by atoms with Crippen molar-refractivity contribution in [2.75, 3.05) is 19.8 Å². The Morgan fingerprint density at radius 2 is 2.08 bits per heavy atom. The van der Waals surface area contributed by atoms with Gasteiger partial charge in [-0.05, 0) is 75.3 Å². The number of aliphatic hydroxyl groups is 1. The topological polar surface area (TPSA) is 108 Å². The summed E-state index contributed by atoms with van der Waals surface area (Å²) in [7, 11) is -3.97.